The highest BCUT2D eigenvalue weighted by Crippen LogP contribution is 2.26. The molecule has 3 heterocycles. The minimum atomic E-state index is -4.65. The smallest absolute Gasteiger partial charge is 0.303 e. The van der Waals surface area contributed by atoms with Crippen molar-refractivity contribution >= 4 is 0 Å². The molecule has 1 aromatic carbocycles. The number of hydrogen-bond donors (Lipinski definition) is 1. The van der Waals surface area contributed by atoms with Gasteiger partial charge in [0.1, 0.15) is 0 Å². The number of nitrogens with one attached hydrogen (secondary N) is 1. The van der Waals surface area contributed by atoms with Crippen LogP contribution in [-0.4, -0.2) is 31.2 Å². The van der Waals surface area contributed by atoms with Gasteiger partial charge in [-0.05, 0) is 5.56 Å². The predicted octanol–water partition coefficient (Wildman–Crippen LogP) is 2.59. The summed E-state index contributed by atoms with van der Waals surface area (Å²) in [5.41, 5.74) is 1.93. The lowest BCUT2D eigenvalue weighted by atomic mass is 10.1. The van der Waals surface area contributed by atoms with Gasteiger partial charge in [0, 0.05) is 37.8 Å². The Morgan fingerprint density at radius 2 is 1.89 bits per heavy atom. The molecule has 2 aromatic heterocycles. The normalized spacial score (nSPS) is 14.8. The van der Waals surface area contributed by atoms with Gasteiger partial charge >= 0.3 is 6.18 Å². The quantitative estimate of drug-likeness (QED) is 0.745. The molecule has 1 aliphatic rings. The van der Waals surface area contributed by atoms with Crippen LogP contribution in [0.25, 0.3) is 0 Å². The molecule has 9 heteroatoms. The topological polar surface area (TPSA) is 66.8 Å². The summed E-state index contributed by atoms with van der Waals surface area (Å²) in [5, 5.41) is 4.36. The number of nitrogens with zero attached hydrogens (tertiary/aromatic N) is 4. The standard InChI is InChI=1S/C19H18F3N5O/c20-19(21,22)18-24-16-6-7-26(12-15(16)17(28)25-18)9-14-8-23-27(11-14)10-13-4-2-1-3-5-13/h1-5,8,11H,6-7,9-10,12H2,(H,24,25,28). The summed E-state index contributed by atoms with van der Waals surface area (Å²) < 4.78 is 40.3. The highest BCUT2D eigenvalue weighted by Gasteiger charge is 2.35. The third-order valence-corrected chi connectivity index (χ3v) is 4.70. The van der Waals surface area contributed by atoms with E-state index in [1.807, 2.05) is 51.1 Å². The lowest BCUT2D eigenvalue weighted by molar-refractivity contribution is -0.145. The molecule has 0 aliphatic carbocycles. The van der Waals surface area contributed by atoms with E-state index in [1.54, 1.807) is 6.20 Å². The van der Waals surface area contributed by atoms with Gasteiger partial charge in [0.25, 0.3) is 5.56 Å². The number of benzene rings is 1. The lowest BCUT2D eigenvalue weighted by Crippen LogP contribution is -2.36. The molecule has 0 bridgehead atoms. The second kappa shape index (κ2) is 7.23. The van der Waals surface area contributed by atoms with Crippen LogP contribution < -0.4 is 5.56 Å². The molecule has 0 saturated carbocycles. The SMILES string of the molecule is O=c1[nH]c(C(F)(F)F)nc2c1CN(Cc1cnn(Cc3ccccc3)c1)CC2. The van der Waals surface area contributed by atoms with Gasteiger partial charge in [-0.25, -0.2) is 4.98 Å². The Labute approximate surface area is 158 Å². The van der Waals surface area contributed by atoms with Crippen molar-refractivity contribution < 1.29 is 13.2 Å². The summed E-state index contributed by atoms with van der Waals surface area (Å²) in [6, 6.07) is 9.95. The molecule has 0 fully saturated rings. The van der Waals surface area contributed by atoms with Crippen molar-refractivity contribution in [3.8, 4) is 0 Å². The average molecular weight is 389 g/mol. The van der Waals surface area contributed by atoms with Crippen molar-refractivity contribution in [1.29, 1.82) is 0 Å². The Hall–Kier alpha value is -2.94. The van der Waals surface area contributed by atoms with Crippen LogP contribution in [0.5, 0.6) is 0 Å². The summed E-state index contributed by atoms with van der Waals surface area (Å²) in [5.74, 6) is -1.23. The zero-order chi connectivity index (χ0) is 19.7. The monoisotopic (exact) mass is 389 g/mol. The van der Waals surface area contributed by atoms with Crippen molar-refractivity contribution in [2.24, 2.45) is 0 Å². The van der Waals surface area contributed by atoms with E-state index in [-0.39, 0.29) is 12.2 Å². The van der Waals surface area contributed by atoms with Crippen molar-refractivity contribution in [3.63, 3.8) is 0 Å². The van der Waals surface area contributed by atoms with Crippen LogP contribution in [0.15, 0.2) is 47.5 Å². The first-order valence-corrected chi connectivity index (χ1v) is 8.85. The zero-order valence-electron chi connectivity index (χ0n) is 14.9. The number of alkyl halides is 3. The average Bonchev–Trinajstić information content (AvgIpc) is 3.09. The summed E-state index contributed by atoms with van der Waals surface area (Å²) in [4.78, 5) is 19.6. The van der Waals surface area contributed by atoms with Crippen molar-refractivity contribution in [2.75, 3.05) is 6.54 Å². The van der Waals surface area contributed by atoms with Gasteiger partial charge < -0.3 is 4.98 Å². The van der Waals surface area contributed by atoms with E-state index in [0.29, 0.717) is 31.6 Å². The van der Waals surface area contributed by atoms with Gasteiger partial charge in [0.2, 0.25) is 5.82 Å². The summed E-state index contributed by atoms with van der Waals surface area (Å²) >= 11 is 0. The van der Waals surface area contributed by atoms with E-state index in [9.17, 15) is 18.0 Å². The summed E-state index contributed by atoms with van der Waals surface area (Å²) in [6.07, 6.45) is -0.634. The fourth-order valence-electron chi connectivity index (χ4n) is 3.35. The highest BCUT2D eigenvalue weighted by atomic mass is 19.4. The van der Waals surface area contributed by atoms with Crippen LogP contribution in [0.1, 0.15) is 28.2 Å². The van der Waals surface area contributed by atoms with Crippen LogP contribution in [0.3, 0.4) is 0 Å². The van der Waals surface area contributed by atoms with Gasteiger partial charge in [-0.2, -0.15) is 18.3 Å². The minimum Gasteiger partial charge on any atom is -0.303 e. The third-order valence-electron chi connectivity index (χ3n) is 4.70. The third kappa shape index (κ3) is 3.99. The first kappa shape index (κ1) is 18.4. The minimum absolute atomic E-state index is 0.229. The molecule has 3 aromatic rings. The van der Waals surface area contributed by atoms with E-state index < -0.39 is 17.6 Å². The van der Waals surface area contributed by atoms with E-state index in [0.717, 1.165) is 11.1 Å². The van der Waals surface area contributed by atoms with Crippen LogP contribution in [0, 0.1) is 0 Å². The Bertz CT molecular complexity index is 1030. The molecule has 0 saturated heterocycles. The zero-order valence-corrected chi connectivity index (χ0v) is 14.9. The van der Waals surface area contributed by atoms with Gasteiger partial charge in [-0.3, -0.25) is 14.4 Å². The Morgan fingerprint density at radius 3 is 2.64 bits per heavy atom. The first-order chi connectivity index (χ1) is 13.4. The molecule has 1 aliphatic heterocycles. The fraction of sp³-hybridized carbons (Fsp3) is 0.316. The molecule has 146 valence electrons. The second-order valence-electron chi connectivity index (χ2n) is 6.83. The molecule has 28 heavy (non-hydrogen) atoms. The Balaban J connectivity index is 1.45. The summed E-state index contributed by atoms with van der Waals surface area (Å²) in [7, 11) is 0. The van der Waals surface area contributed by atoms with Crippen molar-refractivity contribution in [3.05, 3.63) is 81.3 Å². The van der Waals surface area contributed by atoms with Crippen molar-refractivity contribution in [2.45, 2.75) is 32.2 Å². The van der Waals surface area contributed by atoms with Gasteiger partial charge in [0.05, 0.1) is 24.0 Å². The number of rotatable bonds is 4. The molecule has 0 atom stereocenters. The molecule has 1 N–H and O–H groups in total. The van der Waals surface area contributed by atoms with E-state index in [2.05, 4.69) is 10.1 Å². The number of aromatic amines is 1. The molecule has 0 spiro atoms. The van der Waals surface area contributed by atoms with Crippen LogP contribution >= 0.6 is 0 Å². The van der Waals surface area contributed by atoms with Crippen molar-refractivity contribution in [1.82, 2.24) is 24.6 Å². The van der Waals surface area contributed by atoms with Crippen LogP contribution in [-0.2, 0) is 32.2 Å². The number of hydrogen-bond acceptors (Lipinski definition) is 4. The maximum absolute atomic E-state index is 12.8. The second-order valence-corrected chi connectivity index (χ2v) is 6.83. The maximum Gasteiger partial charge on any atom is 0.449 e. The van der Waals surface area contributed by atoms with E-state index in [1.165, 1.54) is 0 Å². The van der Waals surface area contributed by atoms with Crippen LogP contribution in [0.4, 0.5) is 13.2 Å². The molecule has 0 amide bonds. The molecule has 6 nitrogen and oxygen atoms in total. The van der Waals surface area contributed by atoms with E-state index in [4.69, 9.17) is 0 Å². The van der Waals surface area contributed by atoms with Gasteiger partial charge in [-0.1, -0.05) is 30.3 Å². The first-order valence-electron chi connectivity index (χ1n) is 8.85. The number of aromatic nitrogens is 4. The Morgan fingerprint density at radius 1 is 1.11 bits per heavy atom. The number of fused-ring (bicyclic) bond motifs is 1. The van der Waals surface area contributed by atoms with Gasteiger partial charge in [0.15, 0.2) is 0 Å². The number of H-pyrrole nitrogens is 1. The fourth-order valence-corrected chi connectivity index (χ4v) is 3.35. The number of halogens is 3. The molecule has 4 rings (SSSR count). The largest absolute Gasteiger partial charge is 0.449 e. The molecule has 0 unspecified atom stereocenters. The predicted molar refractivity (Wildman–Crippen MR) is 95.4 cm³/mol. The van der Waals surface area contributed by atoms with E-state index >= 15 is 0 Å². The Kier molecular flexibility index (Phi) is 4.76. The van der Waals surface area contributed by atoms with Crippen LogP contribution in [0.2, 0.25) is 0 Å². The highest BCUT2D eigenvalue weighted by molar-refractivity contribution is 5.22. The molecular weight excluding hydrogens is 371 g/mol. The molecular formula is C19H18F3N5O. The lowest BCUT2D eigenvalue weighted by Gasteiger charge is -2.27. The maximum atomic E-state index is 12.8. The van der Waals surface area contributed by atoms with Gasteiger partial charge in [-0.15, -0.1) is 0 Å². The molecule has 0 radical (unpaired) electrons. The summed E-state index contributed by atoms with van der Waals surface area (Å²) in [6.45, 7) is 2.02.